The molecule has 12 heavy (non-hydrogen) atoms. The zero-order chi connectivity index (χ0) is 9.94. The standard InChI is InChI=1S/C9H14O3/c1-6(5-8(11)12)9(3,4)7(2)10/h5H,1-4H3,(H,11,12)/b6-5+. The summed E-state index contributed by atoms with van der Waals surface area (Å²) >= 11 is 0. The van der Waals surface area contributed by atoms with E-state index >= 15 is 0 Å². The minimum Gasteiger partial charge on any atom is -0.478 e. The lowest BCUT2D eigenvalue weighted by atomic mass is 9.81. The normalized spacial score (nSPS) is 12.8. The van der Waals surface area contributed by atoms with Crippen molar-refractivity contribution in [2.75, 3.05) is 0 Å². The summed E-state index contributed by atoms with van der Waals surface area (Å²) in [6.07, 6.45) is 1.07. The Morgan fingerprint density at radius 3 is 1.92 bits per heavy atom. The summed E-state index contributed by atoms with van der Waals surface area (Å²) in [5.74, 6) is -1.04. The van der Waals surface area contributed by atoms with Gasteiger partial charge in [-0.25, -0.2) is 4.79 Å². The van der Waals surface area contributed by atoms with Crippen molar-refractivity contribution in [2.45, 2.75) is 27.7 Å². The van der Waals surface area contributed by atoms with Crippen molar-refractivity contribution in [3.8, 4) is 0 Å². The monoisotopic (exact) mass is 170 g/mol. The molecule has 0 fully saturated rings. The molecule has 0 aliphatic rings. The Hall–Kier alpha value is -1.12. The Morgan fingerprint density at radius 1 is 1.25 bits per heavy atom. The number of carbonyl (C=O) groups excluding carboxylic acids is 1. The first-order valence-electron chi connectivity index (χ1n) is 3.71. The van der Waals surface area contributed by atoms with E-state index in [1.54, 1.807) is 20.8 Å². The third-order valence-corrected chi connectivity index (χ3v) is 2.21. The van der Waals surface area contributed by atoms with Gasteiger partial charge in [-0.2, -0.15) is 0 Å². The topological polar surface area (TPSA) is 54.4 Å². The number of Topliss-reactive ketones (excluding diaryl/α,β-unsaturated/α-hetero) is 1. The number of carboxylic acids is 1. The molecule has 68 valence electrons. The van der Waals surface area contributed by atoms with Crippen LogP contribution in [0.25, 0.3) is 0 Å². The fourth-order valence-corrected chi connectivity index (χ4v) is 0.643. The number of aliphatic carboxylic acids is 1. The fraction of sp³-hybridized carbons (Fsp3) is 0.556. The molecule has 0 aliphatic carbocycles. The Morgan fingerprint density at radius 2 is 1.67 bits per heavy atom. The van der Waals surface area contributed by atoms with Crippen molar-refractivity contribution in [3.05, 3.63) is 11.6 Å². The molecule has 1 N–H and O–H groups in total. The molecule has 0 aromatic heterocycles. The number of rotatable bonds is 3. The highest BCUT2D eigenvalue weighted by atomic mass is 16.4. The van der Waals surface area contributed by atoms with Crippen LogP contribution in [0.5, 0.6) is 0 Å². The second-order valence-electron chi connectivity index (χ2n) is 3.35. The number of allylic oxidation sites excluding steroid dienone is 1. The van der Waals surface area contributed by atoms with Gasteiger partial charge in [0, 0.05) is 11.5 Å². The van der Waals surface area contributed by atoms with Crippen LogP contribution >= 0.6 is 0 Å². The van der Waals surface area contributed by atoms with Crippen LogP contribution < -0.4 is 0 Å². The highest BCUT2D eigenvalue weighted by Crippen LogP contribution is 2.26. The summed E-state index contributed by atoms with van der Waals surface area (Å²) in [4.78, 5) is 21.3. The molecule has 3 nitrogen and oxygen atoms in total. The first kappa shape index (κ1) is 10.9. The van der Waals surface area contributed by atoms with E-state index in [1.165, 1.54) is 6.92 Å². The number of hydrogen-bond donors (Lipinski definition) is 1. The molecule has 0 spiro atoms. The SMILES string of the molecule is CC(=O)C(C)(C)/C(C)=C/C(=O)O. The molecule has 0 rings (SSSR count). The van der Waals surface area contributed by atoms with Crippen molar-refractivity contribution in [2.24, 2.45) is 5.41 Å². The molecule has 0 amide bonds. The zero-order valence-electron chi connectivity index (χ0n) is 7.84. The smallest absolute Gasteiger partial charge is 0.328 e. The average Bonchev–Trinajstić information content (AvgIpc) is 1.85. The lowest BCUT2D eigenvalue weighted by Crippen LogP contribution is -2.23. The third kappa shape index (κ3) is 2.49. The van der Waals surface area contributed by atoms with E-state index < -0.39 is 11.4 Å². The molecule has 0 aromatic rings. The van der Waals surface area contributed by atoms with Gasteiger partial charge in [0.25, 0.3) is 0 Å². The molecule has 0 bridgehead atoms. The maximum Gasteiger partial charge on any atom is 0.328 e. The molecule has 0 aromatic carbocycles. The largest absolute Gasteiger partial charge is 0.478 e. The summed E-state index contributed by atoms with van der Waals surface area (Å²) in [7, 11) is 0. The number of ketones is 1. The maximum absolute atomic E-state index is 11.1. The van der Waals surface area contributed by atoms with Crippen LogP contribution in [0, 0.1) is 5.41 Å². The van der Waals surface area contributed by atoms with Gasteiger partial charge in [-0.1, -0.05) is 5.57 Å². The van der Waals surface area contributed by atoms with Gasteiger partial charge >= 0.3 is 5.97 Å². The van der Waals surface area contributed by atoms with E-state index in [0.29, 0.717) is 5.57 Å². The van der Waals surface area contributed by atoms with E-state index in [4.69, 9.17) is 5.11 Å². The minimum atomic E-state index is -1.01. The number of hydrogen-bond acceptors (Lipinski definition) is 2. The van der Waals surface area contributed by atoms with E-state index in [1.807, 2.05) is 0 Å². The van der Waals surface area contributed by atoms with Crippen LogP contribution in [0.3, 0.4) is 0 Å². The second-order valence-corrected chi connectivity index (χ2v) is 3.35. The molecular formula is C9H14O3. The molecule has 0 heterocycles. The maximum atomic E-state index is 11.1. The molecule has 0 radical (unpaired) electrons. The van der Waals surface area contributed by atoms with Crippen LogP contribution in [0.2, 0.25) is 0 Å². The van der Waals surface area contributed by atoms with Gasteiger partial charge in [0.2, 0.25) is 0 Å². The van der Waals surface area contributed by atoms with Crippen LogP contribution in [0.1, 0.15) is 27.7 Å². The zero-order valence-corrected chi connectivity index (χ0v) is 7.84. The Balaban J connectivity index is 4.79. The highest BCUT2D eigenvalue weighted by molar-refractivity contribution is 5.88. The molecule has 3 heteroatoms. The molecule has 0 saturated heterocycles. The van der Waals surface area contributed by atoms with E-state index in [0.717, 1.165) is 6.08 Å². The molecule has 0 atom stereocenters. The summed E-state index contributed by atoms with van der Waals surface area (Å²) in [5.41, 5.74) is -0.0965. The summed E-state index contributed by atoms with van der Waals surface area (Å²) in [5, 5.41) is 8.44. The van der Waals surface area contributed by atoms with Crippen LogP contribution in [-0.2, 0) is 9.59 Å². The van der Waals surface area contributed by atoms with Gasteiger partial charge in [0.05, 0.1) is 0 Å². The van der Waals surface area contributed by atoms with Gasteiger partial charge in [-0.3, -0.25) is 4.79 Å². The number of carboxylic acid groups (broad SMARTS) is 1. The lowest BCUT2D eigenvalue weighted by Gasteiger charge is -2.21. The Bertz CT molecular complexity index is 236. The van der Waals surface area contributed by atoms with Crippen molar-refractivity contribution in [1.29, 1.82) is 0 Å². The van der Waals surface area contributed by atoms with Crippen LogP contribution in [0.4, 0.5) is 0 Å². The average molecular weight is 170 g/mol. The van der Waals surface area contributed by atoms with E-state index in [-0.39, 0.29) is 5.78 Å². The van der Waals surface area contributed by atoms with Gasteiger partial charge in [-0.05, 0) is 27.7 Å². The van der Waals surface area contributed by atoms with Gasteiger partial charge in [0.1, 0.15) is 5.78 Å². The fourth-order valence-electron chi connectivity index (χ4n) is 0.643. The first-order valence-corrected chi connectivity index (χ1v) is 3.71. The minimum absolute atomic E-state index is 0.0301. The van der Waals surface area contributed by atoms with Crippen LogP contribution in [-0.4, -0.2) is 16.9 Å². The summed E-state index contributed by atoms with van der Waals surface area (Å²) in [6, 6.07) is 0. The van der Waals surface area contributed by atoms with Gasteiger partial charge in [0.15, 0.2) is 0 Å². The molecule has 0 aliphatic heterocycles. The highest BCUT2D eigenvalue weighted by Gasteiger charge is 2.25. The van der Waals surface area contributed by atoms with E-state index in [9.17, 15) is 9.59 Å². The van der Waals surface area contributed by atoms with Gasteiger partial charge < -0.3 is 5.11 Å². The first-order chi connectivity index (χ1) is 5.28. The van der Waals surface area contributed by atoms with E-state index in [2.05, 4.69) is 0 Å². The molecule has 0 unspecified atom stereocenters. The van der Waals surface area contributed by atoms with Gasteiger partial charge in [-0.15, -0.1) is 0 Å². The predicted molar refractivity (Wildman–Crippen MR) is 45.9 cm³/mol. The van der Waals surface area contributed by atoms with Crippen LogP contribution in [0.15, 0.2) is 11.6 Å². The summed E-state index contributed by atoms with van der Waals surface area (Å²) in [6.45, 7) is 6.53. The van der Waals surface area contributed by atoms with Crippen molar-refractivity contribution < 1.29 is 14.7 Å². The van der Waals surface area contributed by atoms with Crippen molar-refractivity contribution >= 4 is 11.8 Å². The molecular weight excluding hydrogens is 156 g/mol. The summed E-state index contributed by atoms with van der Waals surface area (Å²) < 4.78 is 0. The second kappa shape index (κ2) is 3.52. The Labute approximate surface area is 72.1 Å². The van der Waals surface area contributed by atoms with Crippen molar-refractivity contribution in [3.63, 3.8) is 0 Å². The predicted octanol–water partition coefficient (Wildman–Crippen LogP) is 1.63. The molecule has 0 saturated carbocycles. The third-order valence-electron chi connectivity index (χ3n) is 2.21. The quantitative estimate of drug-likeness (QED) is 0.655. The Kier molecular flexibility index (Phi) is 3.19. The van der Waals surface area contributed by atoms with Crippen molar-refractivity contribution in [1.82, 2.24) is 0 Å². The lowest BCUT2D eigenvalue weighted by molar-refractivity contribution is -0.131. The number of carbonyl (C=O) groups is 2.